The number of nitrogens with zero attached hydrogens (tertiary/aromatic N) is 1. The molecule has 1 aliphatic rings. The summed E-state index contributed by atoms with van der Waals surface area (Å²) in [6, 6.07) is 5.01. The quantitative estimate of drug-likeness (QED) is 0.867. The number of primary amides is 1. The fourth-order valence-electron chi connectivity index (χ4n) is 2.08. The summed E-state index contributed by atoms with van der Waals surface area (Å²) in [5.41, 5.74) is 6.89. The molecule has 0 spiro atoms. The van der Waals surface area contributed by atoms with Gasteiger partial charge in [-0.3, -0.25) is 4.79 Å². The van der Waals surface area contributed by atoms with E-state index >= 15 is 0 Å². The van der Waals surface area contributed by atoms with Gasteiger partial charge < -0.3 is 16.0 Å². The molecule has 1 saturated heterocycles. The first-order chi connectivity index (χ1) is 8.97. The minimum Gasteiger partial charge on any atom is -0.351 e. The van der Waals surface area contributed by atoms with Gasteiger partial charge in [-0.25, -0.2) is 4.79 Å². The van der Waals surface area contributed by atoms with Crippen molar-refractivity contribution in [3.63, 3.8) is 0 Å². The number of likely N-dealkylation sites (tertiary alicyclic amines) is 1. The Morgan fingerprint density at radius 2 is 2.21 bits per heavy atom. The first-order valence-corrected chi connectivity index (χ1v) is 6.88. The van der Waals surface area contributed by atoms with Gasteiger partial charge in [-0.05, 0) is 31.0 Å². The average molecular weight is 326 g/mol. The Morgan fingerprint density at radius 3 is 2.79 bits per heavy atom. The van der Waals surface area contributed by atoms with Crippen molar-refractivity contribution in [1.29, 1.82) is 0 Å². The van der Waals surface area contributed by atoms with Crippen LogP contribution < -0.4 is 11.1 Å². The number of urea groups is 1. The molecule has 102 valence electrons. The Morgan fingerprint density at radius 1 is 1.47 bits per heavy atom. The molecule has 1 aromatic carbocycles. The van der Waals surface area contributed by atoms with E-state index in [0.717, 1.165) is 16.5 Å². The van der Waals surface area contributed by atoms with Gasteiger partial charge in [0.25, 0.3) is 5.91 Å². The Kier molecular flexibility index (Phi) is 4.09. The summed E-state index contributed by atoms with van der Waals surface area (Å²) in [6.45, 7) is 3.04. The smallest absolute Gasteiger partial charge is 0.314 e. The number of rotatable bonds is 2. The Labute approximate surface area is 120 Å². The van der Waals surface area contributed by atoms with Crippen LogP contribution in [0.1, 0.15) is 22.3 Å². The lowest BCUT2D eigenvalue weighted by Gasteiger charge is -2.15. The van der Waals surface area contributed by atoms with E-state index in [1.165, 1.54) is 4.90 Å². The van der Waals surface area contributed by atoms with E-state index in [4.69, 9.17) is 5.73 Å². The van der Waals surface area contributed by atoms with Gasteiger partial charge in [0.2, 0.25) is 0 Å². The molecular weight excluding hydrogens is 310 g/mol. The van der Waals surface area contributed by atoms with Crippen LogP contribution in [0, 0.1) is 6.92 Å². The first kappa shape index (κ1) is 13.9. The Bertz CT molecular complexity index is 519. The van der Waals surface area contributed by atoms with E-state index in [0.29, 0.717) is 18.7 Å². The van der Waals surface area contributed by atoms with Crippen LogP contribution in [0.5, 0.6) is 0 Å². The molecule has 0 bridgehead atoms. The lowest BCUT2D eigenvalue weighted by atomic mass is 10.1. The molecule has 6 heteroatoms. The van der Waals surface area contributed by atoms with Crippen molar-refractivity contribution in [3.05, 3.63) is 33.8 Å². The number of nitrogens with one attached hydrogen (secondary N) is 1. The van der Waals surface area contributed by atoms with Crippen molar-refractivity contribution in [2.45, 2.75) is 19.4 Å². The number of carbonyl (C=O) groups is 2. The normalized spacial score (nSPS) is 18.4. The molecule has 0 aromatic heterocycles. The molecule has 1 unspecified atom stereocenters. The molecule has 19 heavy (non-hydrogen) atoms. The predicted molar refractivity (Wildman–Crippen MR) is 75.9 cm³/mol. The minimum atomic E-state index is -0.435. The lowest BCUT2D eigenvalue weighted by Crippen LogP contribution is -2.40. The van der Waals surface area contributed by atoms with E-state index in [-0.39, 0.29) is 11.9 Å². The fourth-order valence-corrected chi connectivity index (χ4v) is 2.46. The van der Waals surface area contributed by atoms with Gasteiger partial charge in [-0.2, -0.15) is 0 Å². The summed E-state index contributed by atoms with van der Waals surface area (Å²) in [5.74, 6) is -0.128. The number of hydrogen-bond acceptors (Lipinski definition) is 2. The molecule has 1 heterocycles. The molecule has 1 fully saturated rings. The second-order valence-electron chi connectivity index (χ2n) is 4.71. The van der Waals surface area contributed by atoms with Crippen molar-refractivity contribution in [3.8, 4) is 0 Å². The standard InChI is InChI=1S/C13H16BrN3O2/c1-8-2-3-9(6-11(8)14)12(18)16-10-4-5-17(7-10)13(15)19/h2-3,6,10H,4-5,7H2,1H3,(H2,15,19)(H,16,18). The SMILES string of the molecule is Cc1ccc(C(=O)NC2CCN(C(N)=O)C2)cc1Br. The van der Waals surface area contributed by atoms with Gasteiger partial charge in [0.05, 0.1) is 0 Å². The highest BCUT2D eigenvalue weighted by Gasteiger charge is 2.26. The number of halogens is 1. The van der Waals surface area contributed by atoms with Crippen LogP contribution in [-0.2, 0) is 0 Å². The Hall–Kier alpha value is -1.56. The maximum Gasteiger partial charge on any atom is 0.314 e. The van der Waals surface area contributed by atoms with E-state index in [2.05, 4.69) is 21.2 Å². The fraction of sp³-hybridized carbons (Fsp3) is 0.385. The Balaban J connectivity index is 1.98. The number of nitrogens with two attached hydrogens (primary N) is 1. The zero-order valence-electron chi connectivity index (χ0n) is 10.6. The second kappa shape index (κ2) is 5.61. The molecule has 1 aromatic rings. The van der Waals surface area contributed by atoms with Gasteiger partial charge in [0.1, 0.15) is 0 Å². The third-order valence-corrected chi connectivity index (χ3v) is 4.12. The van der Waals surface area contributed by atoms with Gasteiger partial charge in [0, 0.05) is 29.2 Å². The third kappa shape index (κ3) is 3.26. The molecule has 3 N–H and O–H groups in total. The molecule has 0 radical (unpaired) electrons. The zero-order chi connectivity index (χ0) is 14.0. The van der Waals surface area contributed by atoms with Crippen LogP contribution >= 0.6 is 15.9 Å². The van der Waals surface area contributed by atoms with E-state index < -0.39 is 6.03 Å². The highest BCUT2D eigenvalue weighted by molar-refractivity contribution is 9.10. The summed E-state index contributed by atoms with van der Waals surface area (Å²) >= 11 is 3.41. The summed E-state index contributed by atoms with van der Waals surface area (Å²) in [6.07, 6.45) is 0.738. The molecule has 3 amide bonds. The highest BCUT2D eigenvalue weighted by Crippen LogP contribution is 2.18. The molecule has 5 nitrogen and oxygen atoms in total. The van der Waals surface area contributed by atoms with Crippen molar-refractivity contribution >= 4 is 27.9 Å². The van der Waals surface area contributed by atoms with Crippen molar-refractivity contribution in [2.24, 2.45) is 5.73 Å². The van der Waals surface area contributed by atoms with Crippen LogP contribution in [-0.4, -0.2) is 36.0 Å². The molecule has 0 saturated carbocycles. The number of hydrogen-bond donors (Lipinski definition) is 2. The lowest BCUT2D eigenvalue weighted by molar-refractivity contribution is 0.0938. The topological polar surface area (TPSA) is 75.4 Å². The minimum absolute atomic E-state index is 0.0277. The predicted octanol–water partition coefficient (Wildman–Crippen LogP) is 1.64. The van der Waals surface area contributed by atoms with Gasteiger partial charge in [0.15, 0.2) is 0 Å². The molecular formula is C13H16BrN3O2. The van der Waals surface area contributed by atoms with E-state index in [9.17, 15) is 9.59 Å². The van der Waals surface area contributed by atoms with Gasteiger partial charge in [-0.15, -0.1) is 0 Å². The van der Waals surface area contributed by atoms with Crippen LogP contribution in [0.25, 0.3) is 0 Å². The van der Waals surface area contributed by atoms with Crippen molar-refractivity contribution in [2.75, 3.05) is 13.1 Å². The number of carbonyl (C=O) groups excluding carboxylic acids is 2. The summed E-state index contributed by atoms with van der Waals surface area (Å²) in [7, 11) is 0. The van der Waals surface area contributed by atoms with Crippen molar-refractivity contribution < 1.29 is 9.59 Å². The van der Waals surface area contributed by atoms with Crippen LogP contribution in [0.2, 0.25) is 0 Å². The van der Waals surface area contributed by atoms with Gasteiger partial charge >= 0.3 is 6.03 Å². The van der Waals surface area contributed by atoms with Crippen LogP contribution in [0.4, 0.5) is 4.79 Å². The molecule has 1 atom stereocenters. The maximum atomic E-state index is 12.1. The zero-order valence-corrected chi connectivity index (χ0v) is 12.2. The monoisotopic (exact) mass is 325 g/mol. The molecule has 1 aliphatic heterocycles. The molecule has 0 aliphatic carbocycles. The summed E-state index contributed by atoms with van der Waals surface area (Å²) < 4.78 is 0.908. The van der Waals surface area contributed by atoms with Crippen LogP contribution in [0.15, 0.2) is 22.7 Å². The summed E-state index contributed by atoms with van der Waals surface area (Å²) in [4.78, 5) is 24.6. The van der Waals surface area contributed by atoms with E-state index in [1.807, 2.05) is 13.0 Å². The largest absolute Gasteiger partial charge is 0.351 e. The second-order valence-corrected chi connectivity index (χ2v) is 5.56. The first-order valence-electron chi connectivity index (χ1n) is 6.09. The number of benzene rings is 1. The number of amides is 3. The van der Waals surface area contributed by atoms with Crippen molar-refractivity contribution in [1.82, 2.24) is 10.2 Å². The maximum absolute atomic E-state index is 12.1. The number of aryl methyl sites for hydroxylation is 1. The van der Waals surface area contributed by atoms with E-state index in [1.54, 1.807) is 12.1 Å². The molecule has 2 rings (SSSR count). The highest BCUT2D eigenvalue weighted by atomic mass is 79.9. The third-order valence-electron chi connectivity index (χ3n) is 3.27. The van der Waals surface area contributed by atoms with Gasteiger partial charge in [-0.1, -0.05) is 22.0 Å². The average Bonchev–Trinajstić information content (AvgIpc) is 2.81. The van der Waals surface area contributed by atoms with Crippen LogP contribution in [0.3, 0.4) is 0 Å². The summed E-state index contributed by atoms with van der Waals surface area (Å²) in [5, 5.41) is 2.92.